The Hall–Kier alpha value is -1.33. The van der Waals surface area contributed by atoms with Crippen LogP contribution in [0.5, 0.6) is 0 Å². The lowest BCUT2D eigenvalue weighted by Crippen LogP contribution is -2.31. The molecule has 1 aliphatic rings. The van der Waals surface area contributed by atoms with Crippen LogP contribution in [0.4, 0.5) is 5.82 Å². The molecule has 5 nitrogen and oxygen atoms in total. The van der Waals surface area contributed by atoms with Crippen LogP contribution in [0.2, 0.25) is 5.02 Å². The summed E-state index contributed by atoms with van der Waals surface area (Å²) in [4.78, 5) is 18.6. The number of nitrogens with one attached hydrogen (secondary N) is 1. The Kier molecular flexibility index (Phi) is 5.42. The highest BCUT2D eigenvalue weighted by Gasteiger charge is 2.31. The van der Waals surface area contributed by atoms with Crippen LogP contribution in [-0.2, 0) is 0 Å². The number of likely N-dealkylation sites (tertiary alicyclic amines) is 1. The van der Waals surface area contributed by atoms with E-state index in [1.165, 1.54) is 0 Å². The van der Waals surface area contributed by atoms with Gasteiger partial charge in [-0.2, -0.15) is 0 Å². The molecule has 2 atom stereocenters. The molecule has 1 fully saturated rings. The molecule has 0 spiro atoms. The number of pyridine rings is 1. The van der Waals surface area contributed by atoms with Crippen molar-refractivity contribution in [2.24, 2.45) is 5.92 Å². The monoisotopic (exact) mass is 311 g/mol. The van der Waals surface area contributed by atoms with Gasteiger partial charge in [0.15, 0.2) is 0 Å². The van der Waals surface area contributed by atoms with Gasteiger partial charge < -0.3 is 15.3 Å². The number of hydrogen-bond donors (Lipinski definition) is 2. The zero-order valence-corrected chi connectivity index (χ0v) is 13.2. The summed E-state index contributed by atoms with van der Waals surface area (Å²) >= 11 is 6.12. The zero-order valence-electron chi connectivity index (χ0n) is 12.5. The molecule has 0 aliphatic carbocycles. The molecule has 2 heterocycles. The Morgan fingerprint density at radius 1 is 1.62 bits per heavy atom. The van der Waals surface area contributed by atoms with Crippen molar-refractivity contribution in [2.45, 2.75) is 32.8 Å². The summed E-state index contributed by atoms with van der Waals surface area (Å²) in [5.41, 5.74) is 0.281. The van der Waals surface area contributed by atoms with Crippen LogP contribution in [0.15, 0.2) is 12.1 Å². The van der Waals surface area contributed by atoms with Gasteiger partial charge in [-0.3, -0.25) is 4.79 Å². The molecule has 1 aliphatic heterocycles. The highest BCUT2D eigenvalue weighted by Crippen LogP contribution is 2.24. The number of hydrogen-bond acceptors (Lipinski definition) is 4. The normalized spacial score (nSPS) is 19.6. The first kappa shape index (κ1) is 16.0. The second-order valence-electron chi connectivity index (χ2n) is 5.49. The molecule has 6 heteroatoms. The van der Waals surface area contributed by atoms with E-state index < -0.39 is 6.10 Å². The molecule has 1 saturated heterocycles. The van der Waals surface area contributed by atoms with E-state index in [2.05, 4.69) is 17.2 Å². The molecule has 2 rings (SSSR count). The van der Waals surface area contributed by atoms with E-state index in [1.54, 1.807) is 24.0 Å². The molecule has 21 heavy (non-hydrogen) atoms. The van der Waals surface area contributed by atoms with Crippen molar-refractivity contribution in [3.63, 3.8) is 0 Å². The predicted octanol–water partition coefficient (Wildman–Crippen LogP) is 2.40. The first-order valence-electron chi connectivity index (χ1n) is 7.40. The molecule has 2 unspecified atom stereocenters. The number of halogens is 1. The highest BCUT2D eigenvalue weighted by atomic mass is 35.5. The fraction of sp³-hybridized carbons (Fsp3) is 0.600. The van der Waals surface area contributed by atoms with E-state index in [0.717, 1.165) is 19.4 Å². The second kappa shape index (κ2) is 7.09. The Bertz CT molecular complexity index is 508. The minimum Gasteiger partial charge on any atom is -0.393 e. The van der Waals surface area contributed by atoms with Crippen molar-refractivity contribution < 1.29 is 9.90 Å². The molecule has 1 aromatic heterocycles. The molecule has 116 valence electrons. The maximum atomic E-state index is 12.5. The van der Waals surface area contributed by atoms with Crippen molar-refractivity contribution in [1.29, 1.82) is 0 Å². The Morgan fingerprint density at radius 2 is 2.38 bits per heavy atom. The van der Waals surface area contributed by atoms with Gasteiger partial charge in [-0.25, -0.2) is 4.98 Å². The van der Waals surface area contributed by atoms with E-state index >= 15 is 0 Å². The highest BCUT2D eigenvalue weighted by molar-refractivity contribution is 6.33. The van der Waals surface area contributed by atoms with Gasteiger partial charge in [0.2, 0.25) is 0 Å². The minimum atomic E-state index is -0.399. The van der Waals surface area contributed by atoms with Crippen molar-refractivity contribution in [1.82, 2.24) is 9.88 Å². The van der Waals surface area contributed by atoms with Gasteiger partial charge in [0.05, 0.1) is 11.1 Å². The molecule has 1 aromatic rings. The van der Waals surface area contributed by atoms with Crippen molar-refractivity contribution in [3.05, 3.63) is 22.8 Å². The van der Waals surface area contributed by atoms with Crippen LogP contribution >= 0.6 is 11.6 Å². The van der Waals surface area contributed by atoms with Gasteiger partial charge in [0, 0.05) is 25.6 Å². The Balaban J connectivity index is 2.11. The quantitative estimate of drug-likeness (QED) is 0.876. The molecule has 1 amide bonds. The van der Waals surface area contributed by atoms with Gasteiger partial charge >= 0.3 is 0 Å². The third kappa shape index (κ3) is 3.86. The van der Waals surface area contributed by atoms with E-state index in [0.29, 0.717) is 23.9 Å². The third-order valence-electron chi connectivity index (χ3n) is 3.80. The molecule has 2 N–H and O–H groups in total. The summed E-state index contributed by atoms with van der Waals surface area (Å²) < 4.78 is 0. The number of anilines is 1. The summed E-state index contributed by atoms with van der Waals surface area (Å²) in [5.74, 6) is 0.633. The summed E-state index contributed by atoms with van der Waals surface area (Å²) in [7, 11) is 0. The van der Waals surface area contributed by atoms with E-state index in [9.17, 15) is 9.90 Å². The van der Waals surface area contributed by atoms with Crippen molar-refractivity contribution >= 4 is 23.3 Å². The zero-order chi connectivity index (χ0) is 15.4. The van der Waals surface area contributed by atoms with Crippen LogP contribution in [0, 0.1) is 5.92 Å². The van der Waals surface area contributed by atoms with Crippen LogP contribution in [0.1, 0.15) is 37.2 Å². The SMILES string of the molecule is CCCNc1ccc(Cl)c(C(=O)N2CCC(C(C)O)C2)n1. The van der Waals surface area contributed by atoms with Crippen molar-refractivity contribution in [2.75, 3.05) is 25.0 Å². The number of carbonyl (C=O) groups excluding carboxylic acids is 1. The number of aliphatic hydroxyl groups excluding tert-OH is 1. The smallest absolute Gasteiger partial charge is 0.274 e. The summed E-state index contributed by atoms with van der Waals surface area (Å²) in [6.07, 6.45) is 1.40. The molecule has 0 radical (unpaired) electrons. The average Bonchev–Trinajstić information content (AvgIpc) is 2.95. The first-order chi connectivity index (χ1) is 10.0. The lowest BCUT2D eigenvalue weighted by Gasteiger charge is -2.18. The topological polar surface area (TPSA) is 65.5 Å². The summed E-state index contributed by atoms with van der Waals surface area (Å²) in [6, 6.07) is 3.47. The molecule has 0 saturated carbocycles. The summed E-state index contributed by atoms with van der Waals surface area (Å²) in [5, 5.41) is 13.1. The second-order valence-corrected chi connectivity index (χ2v) is 5.90. The predicted molar refractivity (Wildman–Crippen MR) is 83.7 cm³/mol. The lowest BCUT2D eigenvalue weighted by atomic mass is 10.0. The number of aliphatic hydroxyl groups is 1. The van der Waals surface area contributed by atoms with Gasteiger partial charge in [-0.1, -0.05) is 18.5 Å². The maximum Gasteiger partial charge on any atom is 0.274 e. The van der Waals surface area contributed by atoms with E-state index in [-0.39, 0.29) is 17.5 Å². The fourth-order valence-electron chi connectivity index (χ4n) is 2.46. The Morgan fingerprint density at radius 3 is 3.00 bits per heavy atom. The van der Waals surface area contributed by atoms with Gasteiger partial charge in [-0.15, -0.1) is 0 Å². The lowest BCUT2D eigenvalue weighted by molar-refractivity contribution is 0.0757. The largest absolute Gasteiger partial charge is 0.393 e. The first-order valence-corrected chi connectivity index (χ1v) is 7.78. The molecular weight excluding hydrogens is 290 g/mol. The number of rotatable bonds is 5. The molecular formula is C15H22ClN3O2. The van der Waals surface area contributed by atoms with Gasteiger partial charge in [0.1, 0.15) is 11.5 Å². The van der Waals surface area contributed by atoms with Crippen LogP contribution in [0.3, 0.4) is 0 Å². The average molecular weight is 312 g/mol. The maximum absolute atomic E-state index is 12.5. The third-order valence-corrected chi connectivity index (χ3v) is 4.10. The molecule has 0 aromatic carbocycles. The van der Waals surface area contributed by atoms with Crippen LogP contribution < -0.4 is 5.32 Å². The van der Waals surface area contributed by atoms with Gasteiger partial charge in [-0.05, 0) is 31.9 Å². The standard InChI is InChI=1S/C15H22ClN3O2/c1-3-7-17-13-5-4-12(16)14(18-13)15(21)19-8-6-11(9-19)10(2)20/h4-5,10-11,20H,3,6-9H2,1-2H3,(H,17,18). The van der Waals surface area contributed by atoms with Crippen LogP contribution in [0.25, 0.3) is 0 Å². The van der Waals surface area contributed by atoms with E-state index in [4.69, 9.17) is 11.6 Å². The Labute approximate surface area is 130 Å². The van der Waals surface area contributed by atoms with Crippen LogP contribution in [-0.4, -0.2) is 46.6 Å². The molecule has 0 bridgehead atoms. The number of amides is 1. The number of nitrogens with zero attached hydrogens (tertiary/aromatic N) is 2. The summed E-state index contributed by atoms with van der Waals surface area (Å²) in [6.45, 7) is 5.82. The fourth-order valence-corrected chi connectivity index (χ4v) is 2.65. The van der Waals surface area contributed by atoms with Gasteiger partial charge in [0.25, 0.3) is 5.91 Å². The number of carbonyl (C=O) groups is 1. The minimum absolute atomic E-state index is 0.133. The number of aromatic nitrogens is 1. The van der Waals surface area contributed by atoms with E-state index in [1.807, 2.05) is 0 Å². The van der Waals surface area contributed by atoms with Crippen molar-refractivity contribution in [3.8, 4) is 0 Å².